The molecule has 1 N–H and O–H groups in total. The Kier molecular flexibility index (Phi) is 9.34. The van der Waals surface area contributed by atoms with Gasteiger partial charge in [0, 0.05) is 12.1 Å². The van der Waals surface area contributed by atoms with Gasteiger partial charge in [0.25, 0.3) is 0 Å². The van der Waals surface area contributed by atoms with Gasteiger partial charge in [0.05, 0.1) is 11.9 Å². The Bertz CT molecular complexity index is 1130. The van der Waals surface area contributed by atoms with Crippen molar-refractivity contribution in [2.75, 3.05) is 23.7 Å². The molecule has 0 saturated carbocycles. The molecule has 7 nitrogen and oxygen atoms in total. The van der Waals surface area contributed by atoms with E-state index < -0.39 is 34.1 Å². The lowest BCUT2D eigenvalue weighted by atomic mass is 9.87. The monoisotopic (exact) mass is 515 g/mol. The van der Waals surface area contributed by atoms with Crippen LogP contribution < -0.4 is 9.62 Å². The van der Waals surface area contributed by atoms with Crippen molar-refractivity contribution in [2.45, 2.75) is 71.9 Å². The molecular formula is C28H41N3O4S. The van der Waals surface area contributed by atoms with Crippen LogP contribution in [0.15, 0.2) is 54.6 Å². The Morgan fingerprint density at radius 2 is 1.47 bits per heavy atom. The molecule has 0 bridgehead atoms. The smallest absolute Gasteiger partial charge is 0.244 e. The summed E-state index contributed by atoms with van der Waals surface area (Å²) in [5, 5.41) is 2.92. The third-order valence-corrected chi connectivity index (χ3v) is 6.99. The van der Waals surface area contributed by atoms with Crippen LogP contribution in [0.4, 0.5) is 5.69 Å². The average molecular weight is 516 g/mol. The number of nitrogens with one attached hydrogen (secondary N) is 1. The summed E-state index contributed by atoms with van der Waals surface area (Å²) >= 11 is 0. The summed E-state index contributed by atoms with van der Waals surface area (Å²) in [7, 11) is -3.75. The van der Waals surface area contributed by atoms with Crippen LogP contribution in [-0.4, -0.2) is 56.1 Å². The van der Waals surface area contributed by atoms with E-state index in [0.29, 0.717) is 12.1 Å². The van der Waals surface area contributed by atoms with Crippen molar-refractivity contribution >= 4 is 27.5 Å². The van der Waals surface area contributed by atoms with E-state index in [1.807, 2.05) is 63.2 Å². The van der Waals surface area contributed by atoms with Gasteiger partial charge in [0.1, 0.15) is 12.6 Å². The molecule has 36 heavy (non-hydrogen) atoms. The van der Waals surface area contributed by atoms with Crippen LogP contribution in [0, 0.1) is 0 Å². The van der Waals surface area contributed by atoms with E-state index in [1.54, 1.807) is 19.1 Å². The molecule has 2 aromatic carbocycles. The van der Waals surface area contributed by atoms with Crippen molar-refractivity contribution in [2.24, 2.45) is 0 Å². The van der Waals surface area contributed by atoms with Gasteiger partial charge >= 0.3 is 0 Å². The SMILES string of the molecule is CC(C(=O)NC(C)(C)C)N(CCc1ccccc1)C(=O)CN(c1ccc(C(C)(C)C)cc1)S(C)(=O)=O. The molecule has 0 radical (unpaired) electrons. The molecule has 0 fully saturated rings. The Balaban J connectivity index is 2.34. The maximum atomic E-state index is 13.6. The highest BCUT2D eigenvalue weighted by atomic mass is 32.2. The topological polar surface area (TPSA) is 86.8 Å². The first-order chi connectivity index (χ1) is 16.5. The van der Waals surface area contributed by atoms with Crippen LogP contribution in [0.3, 0.4) is 0 Å². The highest BCUT2D eigenvalue weighted by Gasteiger charge is 2.31. The minimum Gasteiger partial charge on any atom is -0.350 e. The van der Waals surface area contributed by atoms with Crippen LogP contribution in [0.2, 0.25) is 0 Å². The number of nitrogens with zero attached hydrogens (tertiary/aromatic N) is 2. The van der Waals surface area contributed by atoms with Crippen LogP contribution in [0.25, 0.3) is 0 Å². The second-order valence-corrected chi connectivity index (χ2v) is 13.2. The molecule has 0 aliphatic heterocycles. The predicted molar refractivity (Wildman–Crippen MR) is 147 cm³/mol. The van der Waals surface area contributed by atoms with Gasteiger partial charge in [-0.3, -0.25) is 13.9 Å². The largest absolute Gasteiger partial charge is 0.350 e. The Morgan fingerprint density at radius 1 is 0.917 bits per heavy atom. The number of carbonyl (C=O) groups excluding carboxylic acids is 2. The fraction of sp³-hybridized carbons (Fsp3) is 0.500. The Hall–Kier alpha value is -2.87. The lowest BCUT2D eigenvalue weighted by Crippen LogP contribution is -2.55. The molecule has 0 aliphatic rings. The average Bonchev–Trinajstić information content (AvgIpc) is 2.75. The lowest BCUT2D eigenvalue weighted by Gasteiger charge is -2.33. The van der Waals surface area contributed by atoms with Crippen LogP contribution >= 0.6 is 0 Å². The number of sulfonamides is 1. The molecule has 2 amide bonds. The van der Waals surface area contributed by atoms with E-state index in [0.717, 1.165) is 21.7 Å². The summed E-state index contributed by atoms with van der Waals surface area (Å²) < 4.78 is 26.5. The molecule has 8 heteroatoms. The number of hydrogen-bond acceptors (Lipinski definition) is 4. The van der Waals surface area contributed by atoms with Crippen molar-refractivity contribution in [3.63, 3.8) is 0 Å². The molecule has 2 rings (SSSR count). The van der Waals surface area contributed by atoms with Crippen LogP contribution in [-0.2, 0) is 31.4 Å². The minimum atomic E-state index is -3.75. The molecule has 1 unspecified atom stereocenters. The van der Waals surface area contributed by atoms with E-state index in [1.165, 1.54) is 4.90 Å². The zero-order chi connectivity index (χ0) is 27.3. The summed E-state index contributed by atoms with van der Waals surface area (Å²) in [6, 6.07) is 16.1. The number of hydrogen-bond donors (Lipinski definition) is 1. The highest BCUT2D eigenvalue weighted by Crippen LogP contribution is 2.26. The zero-order valence-corrected chi connectivity index (χ0v) is 23.6. The van der Waals surface area contributed by atoms with E-state index in [4.69, 9.17) is 0 Å². The molecule has 1 atom stereocenters. The first-order valence-electron chi connectivity index (χ1n) is 12.2. The molecular weight excluding hydrogens is 474 g/mol. The van der Waals surface area contributed by atoms with E-state index >= 15 is 0 Å². The molecule has 0 heterocycles. The maximum Gasteiger partial charge on any atom is 0.244 e. The number of carbonyl (C=O) groups is 2. The van der Waals surface area contributed by atoms with Crippen molar-refractivity contribution in [1.82, 2.24) is 10.2 Å². The summed E-state index contributed by atoms with van der Waals surface area (Å²) in [6.07, 6.45) is 1.63. The van der Waals surface area contributed by atoms with Gasteiger partial charge in [-0.05, 0) is 62.8 Å². The number of rotatable bonds is 9. The highest BCUT2D eigenvalue weighted by molar-refractivity contribution is 7.92. The number of amides is 2. The molecule has 0 saturated heterocycles. The lowest BCUT2D eigenvalue weighted by molar-refractivity contribution is -0.139. The fourth-order valence-corrected chi connectivity index (χ4v) is 4.64. The summed E-state index contributed by atoms with van der Waals surface area (Å²) in [5.74, 6) is -0.725. The third kappa shape index (κ3) is 8.66. The van der Waals surface area contributed by atoms with Gasteiger partial charge in [-0.1, -0.05) is 63.2 Å². The van der Waals surface area contributed by atoms with Crippen molar-refractivity contribution < 1.29 is 18.0 Å². The minimum absolute atomic E-state index is 0.0889. The second kappa shape index (κ2) is 11.5. The molecule has 198 valence electrons. The van der Waals surface area contributed by atoms with E-state index in [2.05, 4.69) is 26.1 Å². The quantitative estimate of drug-likeness (QED) is 0.544. The van der Waals surface area contributed by atoms with Crippen molar-refractivity contribution in [1.29, 1.82) is 0 Å². The Morgan fingerprint density at radius 3 is 1.94 bits per heavy atom. The molecule has 0 spiro atoms. The molecule has 0 aromatic heterocycles. The van der Waals surface area contributed by atoms with Gasteiger partial charge in [-0.2, -0.15) is 0 Å². The van der Waals surface area contributed by atoms with Gasteiger partial charge in [-0.15, -0.1) is 0 Å². The summed E-state index contributed by atoms with van der Waals surface area (Å²) in [6.45, 7) is 13.4. The number of anilines is 1. The summed E-state index contributed by atoms with van der Waals surface area (Å²) in [4.78, 5) is 28.0. The van der Waals surface area contributed by atoms with E-state index in [-0.39, 0.29) is 17.9 Å². The molecule has 0 aliphatic carbocycles. The third-order valence-electron chi connectivity index (χ3n) is 5.85. The second-order valence-electron chi connectivity index (χ2n) is 11.3. The Labute approximate surface area is 216 Å². The van der Waals surface area contributed by atoms with Crippen molar-refractivity contribution in [3.05, 3.63) is 65.7 Å². The first kappa shape index (κ1) is 29.4. The van der Waals surface area contributed by atoms with Crippen molar-refractivity contribution in [3.8, 4) is 0 Å². The van der Waals surface area contributed by atoms with E-state index in [9.17, 15) is 18.0 Å². The van der Waals surface area contributed by atoms with Gasteiger partial charge in [0.2, 0.25) is 21.8 Å². The predicted octanol–water partition coefficient (Wildman–Crippen LogP) is 4.12. The van der Waals surface area contributed by atoms with Crippen LogP contribution in [0.5, 0.6) is 0 Å². The van der Waals surface area contributed by atoms with Gasteiger partial charge < -0.3 is 10.2 Å². The fourth-order valence-electron chi connectivity index (χ4n) is 3.79. The molecule has 2 aromatic rings. The zero-order valence-electron chi connectivity index (χ0n) is 22.8. The normalized spacial score (nSPS) is 13.1. The number of benzene rings is 2. The standard InChI is InChI=1S/C28H41N3O4S/c1-21(26(33)29-28(5,6)7)30(19-18-22-12-10-9-11-13-22)25(32)20-31(36(8,34)35)24-16-14-23(15-17-24)27(2,3)4/h9-17,21H,18-20H2,1-8H3,(H,29,33). The summed E-state index contributed by atoms with van der Waals surface area (Å²) in [5.41, 5.74) is 1.94. The first-order valence-corrected chi connectivity index (χ1v) is 14.1. The van der Waals surface area contributed by atoms with Crippen LogP contribution in [0.1, 0.15) is 59.6 Å². The van der Waals surface area contributed by atoms with Gasteiger partial charge in [-0.25, -0.2) is 8.42 Å². The van der Waals surface area contributed by atoms with Gasteiger partial charge in [0.15, 0.2) is 0 Å². The maximum absolute atomic E-state index is 13.6.